The van der Waals surface area contributed by atoms with E-state index in [2.05, 4.69) is 41.5 Å². The fraction of sp³-hybridized carbons (Fsp3) is 0.769. The molecule has 0 aromatic carbocycles. The molecule has 0 saturated heterocycles. The van der Waals surface area contributed by atoms with Crippen LogP contribution in [0.2, 0.25) is 0 Å². The van der Waals surface area contributed by atoms with Crippen molar-refractivity contribution >= 4 is 16.5 Å². The number of hydrogen-bond acceptors (Lipinski definition) is 5. The van der Waals surface area contributed by atoms with Gasteiger partial charge >= 0.3 is 0 Å². The van der Waals surface area contributed by atoms with Crippen molar-refractivity contribution in [1.29, 1.82) is 0 Å². The predicted octanol–water partition coefficient (Wildman–Crippen LogP) is 2.36. The first-order chi connectivity index (χ1) is 8.63. The van der Waals surface area contributed by atoms with Crippen molar-refractivity contribution < 1.29 is 4.74 Å². The molecule has 1 aromatic rings. The Balaban J connectivity index is 2.32. The number of nitrogens with zero attached hydrogens (tertiary/aromatic N) is 2. The Kier molecular flexibility index (Phi) is 7.23. The van der Waals surface area contributed by atoms with Gasteiger partial charge in [-0.25, -0.2) is 4.98 Å². The Morgan fingerprint density at radius 2 is 2.28 bits per heavy atom. The molecule has 0 bridgehead atoms. The summed E-state index contributed by atoms with van der Waals surface area (Å²) in [5.74, 6) is 0.739. The van der Waals surface area contributed by atoms with E-state index in [9.17, 15) is 0 Å². The van der Waals surface area contributed by atoms with E-state index in [-0.39, 0.29) is 0 Å². The summed E-state index contributed by atoms with van der Waals surface area (Å²) in [7, 11) is 3.83. The second kappa shape index (κ2) is 8.45. The largest absolute Gasteiger partial charge is 0.383 e. The van der Waals surface area contributed by atoms with Gasteiger partial charge in [-0.15, -0.1) is 11.3 Å². The third kappa shape index (κ3) is 5.80. The summed E-state index contributed by atoms with van der Waals surface area (Å²) in [5, 5.41) is 6.54. The van der Waals surface area contributed by atoms with Crippen LogP contribution < -0.4 is 10.2 Å². The Hall–Kier alpha value is -0.650. The molecule has 18 heavy (non-hydrogen) atoms. The van der Waals surface area contributed by atoms with Gasteiger partial charge in [-0.05, 0) is 12.3 Å². The topological polar surface area (TPSA) is 37.4 Å². The molecule has 0 aliphatic carbocycles. The molecular weight excluding hydrogens is 246 g/mol. The molecule has 0 atom stereocenters. The molecule has 1 aromatic heterocycles. The Morgan fingerprint density at radius 1 is 1.50 bits per heavy atom. The van der Waals surface area contributed by atoms with Crippen LogP contribution in [0.5, 0.6) is 0 Å². The first-order valence-electron chi connectivity index (χ1n) is 6.48. The molecule has 0 saturated carbocycles. The van der Waals surface area contributed by atoms with Crippen molar-refractivity contribution in [3.8, 4) is 0 Å². The fourth-order valence-electron chi connectivity index (χ4n) is 1.49. The Bertz CT molecular complexity index is 328. The number of ether oxygens (including phenoxy) is 1. The maximum atomic E-state index is 4.99. The lowest BCUT2D eigenvalue weighted by molar-refractivity contribution is 0.199. The minimum absolute atomic E-state index is 0.739. The standard InChI is InChI=1S/C13H25N3OS/c1-11(2)5-7-16(3)13-15-12(10-18-13)9-14-6-8-17-4/h10-11,14H,5-9H2,1-4H3. The van der Waals surface area contributed by atoms with Crippen molar-refractivity contribution in [3.05, 3.63) is 11.1 Å². The summed E-state index contributed by atoms with van der Waals surface area (Å²) in [6.07, 6.45) is 1.21. The molecular formula is C13H25N3OS. The van der Waals surface area contributed by atoms with Gasteiger partial charge in [0.05, 0.1) is 12.3 Å². The highest BCUT2D eigenvalue weighted by Crippen LogP contribution is 2.19. The van der Waals surface area contributed by atoms with Crippen LogP contribution in [-0.4, -0.2) is 38.8 Å². The van der Waals surface area contributed by atoms with Crippen molar-refractivity contribution in [3.63, 3.8) is 0 Å². The summed E-state index contributed by atoms with van der Waals surface area (Å²) >= 11 is 1.72. The van der Waals surface area contributed by atoms with Crippen LogP contribution in [0.3, 0.4) is 0 Å². The molecule has 0 unspecified atom stereocenters. The van der Waals surface area contributed by atoms with Crippen LogP contribution in [0.1, 0.15) is 26.0 Å². The number of rotatable bonds is 9. The first kappa shape index (κ1) is 15.4. The SMILES string of the molecule is COCCNCc1csc(N(C)CCC(C)C)n1. The number of hydrogen-bond donors (Lipinski definition) is 1. The summed E-state index contributed by atoms with van der Waals surface area (Å²) in [6, 6.07) is 0. The molecule has 0 aliphatic rings. The first-order valence-corrected chi connectivity index (χ1v) is 7.36. The lowest BCUT2D eigenvalue weighted by Gasteiger charge is -2.16. The molecule has 0 amide bonds. The van der Waals surface area contributed by atoms with Gasteiger partial charge in [-0.3, -0.25) is 0 Å². The molecule has 1 N–H and O–H groups in total. The molecule has 1 heterocycles. The zero-order chi connectivity index (χ0) is 13.4. The number of aromatic nitrogens is 1. The van der Waals surface area contributed by atoms with Crippen LogP contribution in [-0.2, 0) is 11.3 Å². The van der Waals surface area contributed by atoms with Crippen LogP contribution in [0.15, 0.2) is 5.38 Å². The third-order valence-corrected chi connectivity index (χ3v) is 3.70. The van der Waals surface area contributed by atoms with E-state index in [1.54, 1.807) is 18.4 Å². The van der Waals surface area contributed by atoms with Gasteiger partial charge in [0.15, 0.2) is 5.13 Å². The predicted molar refractivity (Wildman–Crippen MR) is 78.4 cm³/mol. The van der Waals surface area contributed by atoms with Gasteiger partial charge in [0, 0.05) is 39.2 Å². The van der Waals surface area contributed by atoms with Gasteiger partial charge in [-0.1, -0.05) is 13.8 Å². The average molecular weight is 271 g/mol. The van der Waals surface area contributed by atoms with Crippen molar-refractivity contribution in [2.45, 2.75) is 26.8 Å². The van der Waals surface area contributed by atoms with Crippen molar-refractivity contribution in [2.75, 3.05) is 38.8 Å². The second-order valence-electron chi connectivity index (χ2n) is 4.90. The smallest absolute Gasteiger partial charge is 0.185 e. The van der Waals surface area contributed by atoms with E-state index >= 15 is 0 Å². The quantitative estimate of drug-likeness (QED) is 0.700. The fourth-order valence-corrected chi connectivity index (χ4v) is 2.31. The Labute approximate surface area is 114 Å². The highest BCUT2D eigenvalue weighted by molar-refractivity contribution is 7.13. The van der Waals surface area contributed by atoms with Crippen molar-refractivity contribution in [1.82, 2.24) is 10.3 Å². The molecule has 5 heteroatoms. The van der Waals surface area contributed by atoms with Crippen LogP contribution in [0.4, 0.5) is 5.13 Å². The van der Waals surface area contributed by atoms with E-state index in [1.807, 2.05) is 0 Å². The molecule has 0 radical (unpaired) electrons. The van der Waals surface area contributed by atoms with E-state index < -0.39 is 0 Å². The molecule has 1 rings (SSSR count). The normalized spacial score (nSPS) is 11.2. The molecule has 0 aliphatic heterocycles. The zero-order valence-electron chi connectivity index (χ0n) is 11.9. The lowest BCUT2D eigenvalue weighted by atomic mass is 10.1. The van der Waals surface area contributed by atoms with E-state index in [0.717, 1.165) is 43.0 Å². The van der Waals surface area contributed by atoms with E-state index in [0.29, 0.717) is 0 Å². The van der Waals surface area contributed by atoms with Gasteiger partial charge in [0.2, 0.25) is 0 Å². The molecule has 0 spiro atoms. The summed E-state index contributed by atoms with van der Waals surface area (Å²) < 4.78 is 4.99. The van der Waals surface area contributed by atoms with E-state index in [1.165, 1.54) is 6.42 Å². The summed E-state index contributed by atoms with van der Waals surface area (Å²) in [6.45, 7) is 8.00. The average Bonchev–Trinajstić information content (AvgIpc) is 2.80. The highest BCUT2D eigenvalue weighted by atomic mass is 32.1. The van der Waals surface area contributed by atoms with Gasteiger partial charge in [0.1, 0.15) is 0 Å². The lowest BCUT2D eigenvalue weighted by Crippen LogP contribution is -2.21. The van der Waals surface area contributed by atoms with Gasteiger partial charge in [0.25, 0.3) is 0 Å². The number of anilines is 1. The number of nitrogens with one attached hydrogen (secondary N) is 1. The monoisotopic (exact) mass is 271 g/mol. The summed E-state index contributed by atoms with van der Waals surface area (Å²) in [5.41, 5.74) is 1.11. The Morgan fingerprint density at radius 3 is 2.94 bits per heavy atom. The maximum absolute atomic E-state index is 4.99. The number of thiazole rings is 1. The van der Waals surface area contributed by atoms with Crippen molar-refractivity contribution in [2.24, 2.45) is 5.92 Å². The highest BCUT2D eigenvalue weighted by Gasteiger charge is 2.07. The molecule has 104 valence electrons. The zero-order valence-corrected chi connectivity index (χ0v) is 12.7. The van der Waals surface area contributed by atoms with Gasteiger partial charge in [-0.2, -0.15) is 0 Å². The number of methoxy groups -OCH3 is 1. The third-order valence-electron chi connectivity index (χ3n) is 2.70. The van der Waals surface area contributed by atoms with Crippen LogP contribution in [0.25, 0.3) is 0 Å². The van der Waals surface area contributed by atoms with Gasteiger partial charge < -0.3 is 15.0 Å². The van der Waals surface area contributed by atoms with E-state index in [4.69, 9.17) is 4.74 Å². The minimum Gasteiger partial charge on any atom is -0.383 e. The molecule has 0 fully saturated rings. The maximum Gasteiger partial charge on any atom is 0.185 e. The summed E-state index contributed by atoms with van der Waals surface area (Å²) in [4.78, 5) is 6.87. The van der Waals surface area contributed by atoms with Crippen LogP contribution >= 0.6 is 11.3 Å². The minimum atomic E-state index is 0.739. The second-order valence-corrected chi connectivity index (χ2v) is 5.73. The van der Waals surface area contributed by atoms with Crippen LogP contribution in [0, 0.1) is 5.92 Å². The molecule has 4 nitrogen and oxygen atoms in total.